The number of nitro benzene ring substituents is 1. The van der Waals surface area contributed by atoms with Crippen molar-refractivity contribution in [2.45, 2.75) is 13.0 Å². The first-order valence-corrected chi connectivity index (χ1v) is 7.54. The normalized spacial score (nSPS) is 16.6. The van der Waals surface area contributed by atoms with Crippen LogP contribution >= 0.6 is 11.8 Å². The van der Waals surface area contributed by atoms with Gasteiger partial charge in [-0.05, 0) is 24.3 Å². The summed E-state index contributed by atoms with van der Waals surface area (Å²) in [7, 11) is 0. The number of hydrogen-bond donors (Lipinski definition) is 1. The van der Waals surface area contributed by atoms with E-state index in [0.29, 0.717) is 12.1 Å². The Kier molecular flexibility index (Phi) is 4.97. The monoisotopic (exact) mass is 296 g/mol. The van der Waals surface area contributed by atoms with Gasteiger partial charge in [-0.2, -0.15) is 11.8 Å². The molecule has 0 aliphatic carbocycles. The molecule has 0 aromatic heterocycles. The zero-order valence-electron chi connectivity index (χ0n) is 10.9. The lowest BCUT2D eigenvalue weighted by molar-refractivity contribution is -0.385. The van der Waals surface area contributed by atoms with Gasteiger partial charge in [-0.15, -0.1) is 0 Å². The van der Waals surface area contributed by atoms with Crippen molar-refractivity contribution in [1.82, 2.24) is 4.90 Å². The van der Waals surface area contributed by atoms with Gasteiger partial charge < -0.3 is 5.11 Å². The minimum Gasteiger partial charge on any atom is -0.477 e. The lowest BCUT2D eigenvalue weighted by atomic mass is 10.0. The largest absolute Gasteiger partial charge is 0.477 e. The van der Waals surface area contributed by atoms with Crippen LogP contribution in [0.4, 0.5) is 5.69 Å². The van der Waals surface area contributed by atoms with Crippen LogP contribution in [0.25, 0.3) is 0 Å². The lowest BCUT2D eigenvalue weighted by Crippen LogP contribution is -2.26. The van der Waals surface area contributed by atoms with Gasteiger partial charge in [0, 0.05) is 24.9 Å². The van der Waals surface area contributed by atoms with Crippen LogP contribution in [0.15, 0.2) is 18.2 Å². The van der Waals surface area contributed by atoms with Crippen LogP contribution in [0.2, 0.25) is 0 Å². The third-order valence-electron chi connectivity index (χ3n) is 3.25. The molecule has 1 fully saturated rings. The van der Waals surface area contributed by atoms with Crippen LogP contribution < -0.4 is 0 Å². The summed E-state index contributed by atoms with van der Waals surface area (Å²) in [4.78, 5) is 23.8. The second-order valence-electron chi connectivity index (χ2n) is 4.62. The molecule has 0 unspecified atom stereocenters. The molecule has 1 saturated heterocycles. The van der Waals surface area contributed by atoms with Gasteiger partial charge in [0.05, 0.1) is 4.92 Å². The van der Waals surface area contributed by atoms with E-state index in [9.17, 15) is 20.0 Å². The first-order valence-electron chi connectivity index (χ1n) is 6.39. The molecule has 0 radical (unpaired) electrons. The Morgan fingerprint density at radius 3 is 2.90 bits per heavy atom. The van der Waals surface area contributed by atoms with Crippen molar-refractivity contribution in [3.05, 3.63) is 39.4 Å². The summed E-state index contributed by atoms with van der Waals surface area (Å²) in [6, 6.07) is 4.45. The highest BCUT2D eigenvalue weighted by Gasteiger charge is 2.24. The van der Waals surface area contributed by atoms with Gasteiger partial charge in [0.25, 0.3) is 5.69 Å². The van der Waals surface area contributed by atoms with Crippen molar-refractivity contribution in [3.63, 3.8) is 0 Å². The van der Waals surface area contributed by atoms with Gasteiger partial charge in [0.1, 0.15) is 5.56 Å². The second kappa shape index (κ2) is 6.71. The Morgan fingerprint density at radius 2 is 2.20 bits per heavy atom. The van der Waals surface area contributed by atoms with Crippen LogP contribution in [0, 0.1) is 10.1 Å². The summed E-state index contributed by atoms with van der Waals surface area (Å²) >= 11 is 1.88. The average Bonchev–Trinajstić information content (AvgIpc) is 2.66. The Balaban J connectivity index is 2.28. The third kappa shape index (κ3) is 3.49. The molecule has 108 valence electrons. The van der Waals surface area contributed by atoms with Crippen molar-refractivity contribution in [2.24, 2.45) is 0 Å². The van der Waals surface area contributed by atoms with Gasteiger partial charge in [-0.3, -0.25) is 15.0 Å². The number of aromatic carboxylic acids is 1. The number of carboxylic acid groups (broad SMARTS) is 1. The van der Waals surface area contributed by atoms with Crippen LogP contribution in [0.5, 0.6) is 0 Å². The van der Waals surface area contributed by atoms with E-state index in [2.05, 4.69) is 4.90 Å². The van der Waals surface area contributed by atoms with E-state index in [1.807, 2.05) is 11.8 Å². The number of benzene rings is 1. The van der Waals surface area contributed by atoms with Crippen LogP contribution in [-0.4, -0.2) is 45.5 Å². The van der Waals surface area contributed by atoms with E-state index in [-0.39, 0.29) is 11.3 Å². The molecule has 7 heteroatoms. The topological polar surface area (TPSA) is 83.7 Å². The van der Waals surface area contributed by atoms with Gasteiger partial charge >= 0.3 is 5.97 Å². The first kappa shape index (κ1) is 14.8. The first-order chi connectivity index (χ1) is 9.59. The Morgan fingerprint density at radius 1 is 1.40 bits per heavy atom. The molecule has 0 amide bonds. The summed E-state index contributed by atoms with van der Waals surface area (Å²) in [6.07, 6.45) is 1.06. The molecule has 1 aromatic rings. The van der Waals surface area contributed by atoms with Crippen LogP contribution in [0.1, 0.15) is 22.3 Å². The SMILES string of the molecule is O=C(O)c1c(CN2CCCSCC2)cccc1[N+](=O)[O-]. The van der Waals surface area contributed by atoms with Gasteiger partial charge in [-0.1, -0.05) is 12.1 Å². The molecular weight excluding hydrogens is 280 g/mol. The number of carbonyl (C=O) groups is 1. The van der Waals surface area contributed by atoms with Crippen LogP contribution in [-0.2, 0) is 6.54 Å². The summed E-state index contributed by atoms with van der Waals surface area (Å²) in [6.45, 7) is 2.23. The van der Waals surface area contributed by atoms with Gasteiger partial charge in [0.15, 0.2) is 0 Å². The van der Waals surface area contributed by atoms with Crippen molar-refractivity contribution in [1.29, 1.82) is 0 Å². The molecule has 20 heavy (non-hydrogen) atoms. The standard InChI is InChI=1S/C13H16N2O4S/c16-13(17)12-10(3-1-4-11(12)15(18)19)9-14-5-2-7-20-8-6-14/h1,3-4H,2,5-9H2,(H,16,17). The fraction of sp³-hybridized carbons (Fsp3) is 0.462. The van der Waals surface area contributed by atoms with E-state index >= 15 is 0 Å². The predicted molar refractivity (Wildman–Crippen MR) is 77.3 cm³/mol. The maximum absolute atomic E-state index is 11.3. The van der Waals surface area contributed by atoms with Gasteiger partial charge in [-0.25, -0.2) is 4.79 Å². The Bertz CT molecular complexity index is 513. The van der Waals surface area contributed by atoms with Gasteiger partial charge in [0.2, 0.25) is 0 Å². The molecule has 0 atom stereocenters. The molecule has 2 rings (SSSR count). The molecule has 1 heterocycles. The smallest absolute Gasteiger partial charge is 0.343 e. The molecule has 1 aliphatic rings. The maximum atomic E-state index is 11.3. The lowest BCUT2D eigenvalue weighted by Gasteiger charge is -2.20. The summed E-state index contributed by atoms with van der Waals surface area (Å²) in [5, 5.41) is 20.2. The van der Waals surface area contributed by atoms with E-state index < -0.39 is 10.9 Å². The maximum Gasteiger partial charge on any atom is 0.343 e. The quantitative estimate of drug-likeness (QED) is 0.677. The predicted octanol–water partition coefficient (Wildman–Crippen LogP) is 2.23. The molecule has 1 aromatic carbocycles. The number of rotatable bonds is 4. The Labute approximate surface area is 120 Å². The van der Waals surface area contributed by atoms with Crippen molar-refractivity contribution in [2.75, 3.05) is 24.6 Å². The number of nitro groups is 1. The highest BCUT2D eigenvalue weighted by molar-refractivity contribution is 7.99. The number of hydrogen-bond acceptors (Lipinski definition) is 5. The van der Waals surface area contributed by atoms with E-state index in [4.69, 9.17) is 0 Å². The molecule has 0 saturated carbocycles. The minimum absolute atomic E-state index is 0.186. The van der Waals surface area contributed by atoms with E-state index in [1.54, 1.807) is 12.1 Å². The number of thioether (sulfide) groups is 1. The summed E-state index contributed by atoms with van der Waals surface area (Å²) in [5.41, 5.74) is -0.00723. The van der Waals surface area contributed by atoms with Crippen molar-refractivity contribution < 1.29 is 14.8 Å². The minimum atomic E-state index is -1.24. The summed E-state index contributed by atoms with van der Waals surface area (Å²) in [5.74, 6) is 0.880. The molecule has 0 bridgehead atoms. The fourth-order valence-corrected chi connectivity index (χ4v) is 3.24. The van der Waals surface area contributed by atoms with E-state index in [0.717, 1.165) is 31.0 Å². The fourth-order valence-electron chi connectivity index (χ4n) is 2.31. The second-order valence-corrected chi connectivity index (χ2v) is 5.84. The molecular formula is C13H16N2O4S. The zero-order chi connectivity index (χ0) is 14.5. The highest BCUT2D eigenvalue weighted by Crippen LogP contribution is 2.24. The number of carboxylic acids is 1. The van der Waals surface area contributed by atoms with Crippen molar-refractivity contribution >= 4 is 23.4 Å². The average molecular weight is 296 g/mol. The zero-order valence-corrected chi connectivity index (χ0v) is 11.8. The molecule has 1 N–H and O–H groups in total. The van der Waals surface area contributed by atoms with Crippen molar-refractivity contribution in [3.8, 4) is 0 Å². The van der Waals surface area contributed by atoms with Crippen LogP contribution in [0.3, 0.4) is 0 Å². The highest BCUT2D eigenvalue weighted by atomic mass is 32.2. The van der Waals surface area contributed by atoms with E-state index in [1.165, 1.54) is 6.07 Å². The molecule has 1 aliphatic heterocycles. The molecule has 6 nitrogen and oxygen atoms in total. The summed E-state index contributed by atoms with van der Waals surface area (Å²) < 4.78 is 0. The third-order valence-corrected chi connectivity index (χ3v) is 4.30. The molecule has 0 spiro atoms. The Hall–Kier alpha value is -1.60. The number of nitrogens with zero attached hydrogens (tertiary/aromatic N) is 2.